The van der Waals surface area contributed by atoms with Gasteiger partial charge >= 0.3 is 0 Å². The highest BCUT2D eigenvalue weighted by Gasteiger charge is 2.09. The topological polar surface area (TPSA) is 58.2 Å². The SMILES string of the molecule is Cc1ccc(NC(=O)C(C)C)cc1NC(=O)C=Cc1ccccc1Br. The Hall–Kier alpha value is -2.40. The van der Waals surface area contributed by atoms with Gasteiger partial charge < -0.3 is 10.6 Å². The molecule has 0 aliphatic heterocycles. The third-order valence-corrected chi connectivity index (χ3v) is 4.33. The van der Waals surface area contributed by atoms with Crippen molar-refractivity contribution in [2.75, 3.05) is 10.6 Å². The normalized spacial score (nSPS) is 10.9. The molecule has 2 aromatic carbocycles. The minimum absolute atomic E-state index is 0.0602. The molecule has 2 amide bonds. The van der Waals surface area contributed by atoms with E-state index in [4.69, 9.17) is 0 Å². The zero-order chi connectivity index (χ0) is 18.4. The van der Waals surface area contributed by atoms with Crippen molar-refractivity contribution < 1.29 is 9.59 Å². The van der Waals surface area contributed by atoms with Crippen LogP contribution in [0.2, 0.25) is 0 Å². The number of amides is 2. The van der Waals surface area contributed by atoms with Crippen LogP contribution in [0.15, 0.2) is 53.0 Å². The number of halogens is 1. The molecule has 0 unspecified atom stereocenters. The predicted molar refractivity (Wildman–Crippen MR) is 106 cm³/mol. The van der Waals surface area contributed by atoms with Gasteiger partial charge in [0, 0.05) is 27.8 Å². The van der Waals surface area contributed by atoms with E-state index >= 15 is 0 Å². The van der Waals surface area contributed by atoms with E-state index < -0.39 is 0 Å². The molecular formula is C20H21BrN2O2. The van der Waals surface area contributed by atoms with Gasteiger partial charge in [0.05, 0.1) is 0 Å². The number of benzene rings is 2. The molecule has 0 saturated carbocycles. The molecule has 0 spiro atoms. The number of hydrogen-bond acceptors (Lipinski definition) is 2. The molecule has 130 valence electrons. The molecule has 0 aromatic heterocycles. The van der Waals surface area contributed by atoms with Crippen molar-refractivity contribution in [2.45, 2.75) is 20.8 Å². The summed E-state index contributed by atoms with van der Waals surface area (Å²) in [5.74, 6) is -0.396. The van der Waals surface area contributed by atoms with Gasteiger partial charge in [-0.3, -0.25) is 9.59 Å². The first kappa shape index (κ1) is 18.9. The monoisotopic (exact) mass is 400 g/mol. The lowest BCUT2D eigenvalue weighted by Crippen LogP contribution is -2.18. The van der Waals surface area contributed by atoms with E-state index in [1.807, 2.05) is 57.2 Å². The largest absolute Gasteiger partial charge is 0.326 e. The number of rotatable bonds is 5. The van der Waals surface area contributed by atoms with Crippen LogP contribution < -0.4 is 10.6 Å². The van der Waals surface area contributed by atoms with Gasteiger partial charge in [0.2, 0.25) is 11.8 Å². The lowest BCUT2D eigenvalue weighted by Gasteiger charge is -2.12. The molecule has 2 rings (SSSR count). The van der Waals surface area contributed by atoms with Gasteiger partial charge in [-0.15, -0.1) is 0 Å². The number of anilines is 2. The summed E-state index contributed by atoms with van der Waals surface area (Å²) in [6.07, 6.45) is 3.23. The fraction of sp³-hybridized carbons (Fsp3) is 0.200. The maximum atomic E-state index is 12.2. The highest BCUT2D eigenvalue weighted by Crippen LogP contribution is 2.21. The van der Waals surface area contributed by atoms with E-state index in [1.165, 1.54) is 6.08 Å². The van der Waals surface area contributed by atoms with Gasteiger partial charge in [-0.2, -0.15) is 0 Å². The van der Waals surface area contributed by atoms with Crippen molar-refractivity contribution >= 4 is 45.2 Å². The predicted octanol–water partition coefficient (Wildman–Crippen LogP) is 5.00. The number of carbonyl (C=O) groups excluding carboxylic acids is 2. The maximum Gasteiger partial charge on any atom is 0.248 e. The molecular weight excluding hydrogens is 380 g/mol. The van der Waals surface area contributed by atoms with E-state index in [2.05, 4.69) is 26.6 Å². The smallest absolute Gasteiger partial charge is 0.248 e. The number of hydrogen-bond donors (Lipinski definition) is 2. The summed E-state index contributed by atoms with van der Waals surface area (Å²) in [5.41, 5.74) is 3.18. The van der Waals surface area contributed by atoms with E-state index in [0.29, 0.717) is 11.4 Å². The summed E-state index contributed by atoms with van der Waals surface area (Å²) in [6.45, 7) is 5.57. The van der Waals surface area contributed by atoms with Crippen molar-refractivity contribution in [2.24, 2.45) is 5.92 Å². The first-order valence-electron chi connectivity index (χ1n) is 8.02. The Morgan fingerprint density at radius 3 is 2.48 bits per heavy atom. The lowest BCUT2D eigenvalue weighted by molar-refractivity contribution is -0.119. The van der Waals surface area contributed by atoms with Gasteiger partial charge in [-0.05, 0) is 42.3 Å². The molecule has 0 saturated heterocycles. The molecule has 4 nitrogen and oxygen atoms in total. The van der Waals surface area contributed by atoms with Crippen LogP contribution in [0.3, 0.4) is 0 Å². The Balaban J connectivity index is 2.09. The molecule has 0 fully saturated rings. The van der Waals surface area contributed by atoms with Crippen LogP contribution in [-0.2, 0) is 9.59 Å². The van der Waals surface area contributed by atoms with Crippen molar-refractivity contribution in [3.63, 3.8) is 0 Å². The van der Waals surface area contributed by atoms with Crippen LogP contribution in [-0.4, -0.2) is 11.8 Å². The van der Waals surface area contributed by atoms with Crippen LogP contribution in [0.4, 0.5) is 11.4 Å². The summed E-state index contributed by atoms with van der Waals surface area (Å²) >= 11 is 3.45. The van der Waals surface area contributed by atoms with E-state index in [1.54, 1.807) is 12.1 Å². The van der Waals surface area contributed by atoms with Gasteiger partial charge in [-0.25, -0.2) is 0 Å². The molecule has 0 bridgehead atoms. The summed E-state index contributed by atoms with van der Waals surface area (Å²) in [5, 5.41) is 5.68. The van der Waals surface area contributed by atoms with Gasteiger partial charge in [-0.1, -0.05) is 54.0 Å². The van der Waals surface area contributed by atoms with Gasteiger partial charge in [0.25, 0.3) is 0 Å². The molecule has 5 heteroatoms. The van der Waals surface area contributed by atoms with Crippen LogP contribution >= 0.6 is 15.9 Å². The van der Waals surface area contributed by atoms with Crippen LogP contribution in [0.25, 0.3) is 6.08 Å². The Kier molecular flexibility index (Phi) is 6.53. The van der Waals surface area contributed by atoms with Crippen LogP contribution in [0.1, 0.15) is 25.0 Å². The van der Waals surface area contributed by atoms with E-state index in [-0.39, 0.29) is 17.7 Å². The summed E-state index contributed by atoms with van der Waals surface area (Å²) in [4.78, 5) is 24.0. The minimum atomic E-state index is -0.230. The van der Waals surface area contributed by atoms with E-state index in [9.17, 15) is 9.59 Å². The number of aryl methyl sites for hydroxylation is 1. The van der Waals surface area contributed by atoms with Crippen molar-refractivity contribution in [1.29, 1.82) is 0 Å². The molecule has 0 radical (unpaired) electrons. The molecule has 25 heavy (non-hydrogen) atoms. The molecule has 2 N–H and O–H groups in total. The zero-order valence-electron chi connectivity index (χ0n) is 14.5. The minimum Gasteiger partial charge on any atom is -0.326 e. The molecule has 0 heterocycles. The summed E-state index contributed by atoms with van der Waals surface area (Å²) in [6, 6.07) is 13.1. The van der Waals surface area contributed by atoms with Gasteiger partial charge in [0.15, 0.2) is 0 Å². The summed E-state index contributed by atoms with van der Waals surface area (Å²) in [7, 11) is 0. The Bertz CT molecular complexity index is 813. The van der Waals surface area contributed by atoms with Crippen LogP contribution in [0.5, 0.6) is 0 Å². The first-order valence-corrected chi connectivity index (χ1v) is 8.81. The van der Waals surface area contributed by atoms with Crippen molar-refractivity contribution in [3.05, 3.63) is 64.1 Å². The Morgan fingerprint density at radius 1 is 1.08 bits per heavy atom. The molecule has 0 atom stereocenters. The van der Waals surface area contributed by atoms with Crippen molar-refractivity contribution in [3.8, 4) is 0 Å². The first-order chi connectivity index (χ1) is 11.9. The number of carbonyl (C=O) groups is 2. The van der Waals surface area contributed by atoms with E-state index in [0.717, 1.165) is 15.6 Å². The lowest BCUT2D eigenvalue weighted by atomic mass is 10.1. The second-order valence-electron chi connectivity index (χ2n) is 6.02. The van der Waals surface area contributed by atoms with Gasteiger partial charge in [0.1, 0.15) is 0 Å². The second-order valence-corrected chi connectivity index (χ2v) is 6.87. The Labute approximate surface area is 156 Å². The van der Waals surface area contributed by atoms with Crippen molar-refractivity contribution in [1.82, 2.24) is 0 Å². The Morgan fingerprint density at radius 2 is 1.80 bits per heavy atom. The zero-order valence-corrected chi connectivity index (χ0v) is 16.1. The third kappa shape index (κ3) is 5.57. The quantitative estimate of drug-likeness (QED) is 0.693. The fourth-order valence-electron chi connectivity index (χ4n) is 2.07. The van der Waals surface area contributed by atoms with Crippen LogP contribution in [0, 0.1) is 12.8 Å². The highest BCUT2D eigenvalue weighted by atomic mass is 79.9. The molecule has 0 aliphatic rings. The summed E-state index contributed by atoms with van der Waals surface area (Å²) < 4.78 is 0.925. The average Bonchev–Trinajstić information content (AvgIpc) is 2.57. The molecule has 2 aromatic rings. The highest BCUT2D eigenvalue weighted by molar-refractivity contribution is 9.10. The number of nitrogens with one attached hydrogen (secondary N) is 2. The standard InChI is InChI=1S/C20H21BrN2O2/c1-13(2)20(25)22-16-10-8-14(3)18(12-16)23-19(24)11-9-15-6-4-5-7-17(15)21/h4-13H,1-3H3,(H,22,25)(H,23,24). The average molecular weight is 401 g/mol. The maximum absolute atomic E-state index is 12.2. The second kappa shape index (κ2) is 8.62. The third-order valence-electron chi connectivity index (χ3n) is 3.61. The fourth-order valence-corrected chi connectivity index (χ4v) is 2.49. The molecule has 0 aliphatic carbocycles.